The van der Waals surface area contributed by atoms with Gasteiger partial charge in [-0.1, -0.05) is 24.3 Å². The van der Waals surface area contributed by atoms with E-state index in [-0.39, 0.29) is 11.7 Å². The van der Waals surface area contributed by atoms with E-state index in [1.165, 1.54) is 19.2 Å². The van der Waals surface area contributed by atoms with Gasteiger partial charge >= 0.3 is 6.18 Å². The van der Waals surface area contributed by atoms with Gasteiger partial charge in [-0.3, -0.25) is 10.00 Å². The largest absolute Gasteiger partial charge is 0.504 e. The monoisotopic (exact) mass is 431 g/mol. The summed E-state index contributed by atoms with van der Waals surface area (Å²) in [5.74, 6) is 0.797. The van der Waals surface area contributed by atoms with Crippen molar-refractivity contribution in [3.05, 3.63) is 65.5 Å². The number of hydrogen-bond donors (Lipinski definition) is 2. The van der Waals surface area contributed by atoms with Crippen molar-refractivity contribution in [1.82, 2.24) is 15.1 Å². The number of nitrogens with one attached hydrogen (secondary N) is 1. The highest BCUT2D eigenvalue weighted by Gasteiger charge is 2.31. The number of ether oxygens (including phenoxy) is 1. The fraction of sp³-hybridized carbons (Fsp3) is 0.348. The molecule has 8 heteroatoms. The molecule has 2 heterocycles. The van der Waals surface area contributed by atoms with Crippen molar-refractivity contribution in [3.8, 4) is 22.6 Å². The van der Waals surface area contributed by atoms with Gasteiger partial charge in [0.15, 0.2) is 11.5 Å². The van der Waals surface area contributed by atoms with Crippen LogP contribution in [0.5, 0.6) is 11.5 Å². The van der Waals surface area contributed by atoms with Gasteiger partial charge < -0.3 is 9.84 Å². The van der Waals surface area contributed by atoms with E-state index in [4.69, 9.17) is 4.74 Å². The van der Waals surface area contributed by atoms with Crippen LogP contribution in [0.3, 0.4) is 0 Å². The lowest BCUT2D eigenvalue weighted by Crippen LogP contribution is -2.32. The number of phenols is 1. The fourth-order valence-electron chi connectivity index (χ4n) is 4.18. The second kappa shape index (κ2) is 8.63. The van der Waals surface area contributed by atoms with Gasteiger partial charge in [-0.2, -0.15) is 18.3 Å². The number of likely N-dealkylation sites (tertiary alicyclic amines) is 1. The number of aromatic amines is 1. The minimum Gasteiger partial charge on any atom is -0.504 e. The Morgan fingerprint density at radius 2 is 1.90 bits per heavy atom. The molecule has 0 saturated carbocycles. The second-order valence-corrected chi connectivity index (χ2v) is 7.79. The van der Waals surface area contributed by atoms with Crippen LogP contribution >= 0.6 is 0 Å². The lowest BCUT2D eigenvalue weighted by Gasteiger charge is -2.32. The highest BCUT2D eigenvalue weighted by Crippen LogP contribution is 2.37. The van der Waals surface area contributed by atoms with Crippen molar-refractivity contribution >= 4 is 0 Å². The minimum atomic E-state index is -4.38. The molecule has 5 nitrogen and oxygen atoms in total. The van der Waals surface area contributed by atoms with E-state index in [9.17, 15) is 18.3 Å². The van der Waals surface area contributed by atoms with Crippen molar-refractivity contribution < 1.29 is 23.0 Å². The first kappa shape index (κ1) is 21.2. The average Bonchev–Trinajstić information content (AvgIpc) is 3.25. The molecule has 0 spiro atoms. The third kappa shape index (κ3) is 4.54. The van der Waals surface area contributed by atoms with Gasteiger partial charge in [-0.15, -0.1) is 0 Å². The van der Waals surface area contributed by atoms with Crippen LogP contribution in [0.25, 0.3) is 11.1 Å². The average molecular weight is 431 g/mol. The standard InChI is InChI=1S/C23H24F3N3O2/c1-31-20-7-3-5-17(22(20)30)14-29-10-8-15(9-11-29)21-19(13-27-28-21)16-4-2-6-18(12-16)23(24,25)26/h2-7,12-13,15,30H,8-11,14H2,1H3,(H,27,28). The molecule has 1 aliphatic rings. The van der Waals surface area contributed by atoms with Gasteiger partial charge in [0.05, 0.1) is 18.9 Å². The lowest BCUT2D eigenvalue weighted by molar-refractivity contribution is -0.137. The molecule has 31 heavy (non-hydrogen) atoms. The quantitative estimate of drug-likeness (QED) is 0.584. The van der Waals surface area contributed by atoms with E-state index in [1.807, 2.05) is 12.1 Å². The molecule has 1 saturated heterocycles. The first-order valence-corrected chi connectivity index (χ1v) is 10.1. The number of hydrogen-bond acceptors (Lipinski definition) is 4. The number of aromatic hydroxyl groups is 1. The predicted molar refractivity (Wildman–Crippen MR) is 111 cm³/mol. The normalized spacial score (nSPS) is 15.9. The van der Waals surface area contributed by atoms with Gasteiger partial charge in [0.2, 0.25) is 0 Å². The summed E-state index contributed by atoms with van der Waals surface area (Å²) >= 11 is 0. The maximum absolute atomic E-state index is 13.1. The highest BCUT2D eigenvalue weighted by molar-refractivity contribution is 5.66. The highest BCUT2D eigenvalue weighted by atomic mass is 19.4. The van der Waals surface area contributed by atoms with Crippen LogP contribution in [0.1, 0.15) is 35.6 Å². The van der Waals surface area contributed by atoms with Gasteiger partial charge in [0.1, 0.15) is 0 Å². The van der Waals surface area contributed by atoms with Crippen LogP contribution in [0.4, 0.5) is 13.2 Å². The number of piperidine rings is 1. The Morgan fingerprint density at radius 3 is 2.61 bits per heavy atom. The summed E-state index contributed by atoms with van der Waals surface area (Å²) in [6.45, 7) is 2.23. The summed E-state index contributed by atoms with van der Waals surface area (Å²) in [7, 11) is 1.52. The third-order valence-electron chi connectivity index (χ3n) is 5.86. The molecule has 1 aliphatic heterocycles. The summed E-state index contributed by atoms with van der Waals surface area (Å²) in [4.78, 5) is 2.26. The molecular formula is C23H24F3N3O2. The molecular weight excluding hydrogens is 407 g/mol. The Hall–Kier alpha value is -3.00. The zero-order chi connectivity index (χ0) is 22.0. The Kier molecular flexibility index (Phi) is 5.91. The Morgan fingerprint density at radius 1 is 1.16 bits per heavy atom. The molecule has 0 atom stereocenters. The number of halogens is 3. The van der Waals surface area contributed by atoms with Crippen LogP contribution in [0.2, 0.25) is 0 Å². The molecule has 0 aliphatic carbocycles. The summed E-state index contributed by atoms with van der Waals surface area (Å²) in [5.41, 5.74) is 2.26. The van der Waals surface area contributed by atoms with Crippen molar-refractivity contribution in [2.45, 2.75) is 31.5 Å². The molecule has 1 aromatic heterocycles. The number of aromatic nitrogens is 2. The number of nitrogens with zero attached hydrogens (tertiary/aromatic N) is 2. The third-order valence-corrected chi connectivity index (χ3v) is 5.86. The van der Waals surface area contributed by atoms with Crippen molar-refractivity contribution in [2.75, 3.05) is 20.2 Å². The Labute approximate surface area is 178 Å². The summed E-state index contributed by atoms with van der Waals surface area (Å²) in [6.07, 6.45) is -1.08. The van der Waals surface area contributed by atoms with Crippen LogP contribution in [-0.2, 0) is 12.7 Å². The zero-order valence-corrected chi connectivity index (χ0v) is 17.1. The molecule has 0 unspecified atom stereocenters. The number of rotatable bonds is 5. The van der Waals surface area contributed by atoms with E-state index in [1.54, 1.807) is 18.3 Å². The van der Waals surface area contributed by atoms with E-state index in [0.717, 1.165) is 48.8 Å². The predicted octanol–water partition coefficient (Wildman–Crippen LogP) is 5.19. The number of phenolic OH excluding ortho intramolecular Hbond substituents is 1. The van der Waals surface area contributed by atoms with E-state index in [0.29, 0.717) is 17.9 Å². The maximum Gasteiger partial charge on any atom is 0.416 e. The zero-order valence-electron chi connectivity index (χ0n) is 17.1. The molecule has 0 bridgehead atoms. The molecule has 2 N–H and O–H groups in total. The number of alkyl halides is 3. The summed E-state index contributed by atoms with van der Waals surface area (Å²) < 4.78 is 44.5. The molecule has 2 aromatic carbocycles. The van der Waals surface area contributed by atoms with E-state index < -0.39 is 11.7 Å². The van der Waals surface area contributed by atoms with Crippen LogP contribution < -0.4 is 4.74 Å². The molecule has 0 radical (unpaired) electrons. The smallest absolute Gasteiger partial charge is 0.416 e. The second-order valence-electron chi connectivity index (χ2n) is 7.79. The van der Waals surface area contributed by atoms with Crippen LogP contribution in [0.15, 0.2) is 48.7 Å². The topological polar surface area (TPSA) is 61.4 Å². The summed E-state index contributed by atoms with van der Waals surface area (Å²) in [6, 6.07) is 10.8. The van der Waals surface area contributed by atoms with E-state index in [2.05, 4.69) is 15.1 Å². The van der Waals surface area contributed by atoms with Gasteiger partial charge in [0.25, 0.3) is 0 Å². The van der Waals surface area contributed by atoms with Crippen molar-refractivity contribution in [3.63, 3.8) is 0 Å². The molecule has 3 aromatic rings. The molecule has 164 valence electrons. The first-order valence-electron chi connectivity index (χ1n) is 10.1. The first-order chi connectivity index (χ1) is 14.9. The lowest BCUT2D eigenvalue weighted by atomic mass is 9.89. The number of methoxy groups -OCH3 is 1. The van der Waals surface area contributed by atoms with Gasteiger partial charge in [-0.25, -0.2) is 0 Å². The van der Waals surface area contributed by atoms with Gasteiger partial charge in [-0.05, 0) is 49.7 Å². The minimum absolute atomic E-state index is 0.160. The van der Waals surface area contributed by atoms with Crippen molar-refractivity contribution in [1.29, 1.82) is 0 Å². The summed E-state index contributed by atoms with van der Waals surface area (Å²) in [5, 5.41) is 17.4. The SMILES string of the molecule is COc1cccc(CN2CCC(c3[nH]ncc3-c3cccc(C(F)(F)F)c3)CC2)c1O. The molecule has 1 fully saturated rings. The number of para-hydroxylation sites is 1. The maximum atomic E-state index is 13.1. The van der Waals surface area contributed by atoms with Crippen LogP contribution in [-0.4, -0.2) is 40.4 Å². The Balaban J connectivity index is 1.46. The molecule has 0 amide bonds. The van der Waals surface area contributed by atoms with E-state index >= 15 is 0 Å². The van der Waals surface area contributed by atoms with Crippen molar-refractivity contribution in [2.24, 2.45) is 0 Å². The molecule has 4 rings (SSSR count). The fourth-order valence-corrected chi connectivity index (χ4v) is 4.18. The number of H-pyrrole nitrogens is 1. The Bertz CT molecular complexity index is 1040. The van der Waals surface area contributed by atoms with Crippen LogP contribution in [0, 0.1) is 0 Å². The van der Waals surface area contributed by atoms with Gasteiger partial charge in [0, 0.05) is 29.3 Å². The number of benzene rings is 2.